The van der Waals surface area contributed by atoms with E-state index in [4.69, 9.17) is 0 Å². The van der Waals surface area contributed by atoms with Crippen LogP contribution in [0.4, 0.5) is 0 Å². The molecular formula is C18H22N2O3. The first-order chi connectivity index (χ1) is 11.1. The molecule has 2 aliphatic rings. The summed E-state index contributed by atoms with van der Waals surface area (Å²) >= 11 is 0. The molecule has 0 aromatic heterocycles. The smallest absolute Gasteiger partial charge is 0.289 e. The number of hydrogen-bond acceptors (Lipinski definition) is 3. The molecule has 1 aromatic carbocycles. The van der Waals surface area contributed by atoms with E-state index in [1.54, 1.807) is 0 Å². The third-order valence-corrected chi connectivity index (χ3v) is 4.59. The molecule has 1 N–H and O–H groups in total. The Hall–Kier alpha value is -2.17. The van der Waals surface area contributed by atoms with Crippen LogP contribution in [-0.4, -0.2) is 35.1 Å². The van der Waals surface area contributed by atoms with Crippen LogP contribution >= 0.6 is 0 Å². The molecule has 2 fully saturated rings. The summed E-state index contributed by atoms with van der Waals surface area (Å²) in [6.07, 6.45) is 4.16. The van der Waals surface area contributed by atoms with E-state index < -0.39 is 17.7 Å². The van der Waals surface area contributed by atoms with Gasteiger partial charge in [0.05, 0.1) is 0 Å². The SMILES string of the molecule is O=C(NCCC1CC1)C(=O)C1CCC(=O)N1Cc1ccccc1. The maximum Gasteiger partial charge on any atom is 0.289 e. The molecule has 122 valence electrons. The average molecular weight is 314 g/mol. The van der Waals surface area contributed by atoms with Gasteiger partial charge in [0.1, 0.15) is 6.04 Å². The zero-order chi connectivity index (χ0) is 16.2. The normalized spacial score (nSPS) is 20.6. The van der Waals surface area contributed by atoms with Crippen LogP contribution in [0.25, 0.3) is 0 Å². The summed E-state index contributed by atoms with van der Waals surface area (Å²) in [4.78, 5) is 38.0. The fourth-order valence-corrected chi connectivity index (χ4v) is 3.02. The van der Waals surface area contributed by atoms with Gasteiger partial charge in [0.25, 0.3) is 5.91 Å². The fraction of sp³-hybridized carbons (Fsp3) is 0.500. The maximum absolute atomic E-state index is 12.4. The van der Waals surface area contributed by atoms with Crippen molar-refractivity contribution in [1.82, 2.24) is 10.2 Å². The molecule has 1 aromatic rings. The van der Waals surface area contributed by atoms with Gasteiger partial charge in [-0.3, -0.25) is 14.4 Å². The number of likely N-dealkylation sites (tertiary alicyclic amines) is 1. The number of hydrogen-bond donors (Lipinski definition) is 1. The second-order valence-electron chi connectivity index (χ2n) is 6.41. The Morgan fingerprint density at radius 2 is 1.87 bits per heavy atom. The number of ketones is 1. The number of carbonyl (C=O) groups excluding carboxylic acids is 3. The van der Waals surface area contributed by atoms with Crippen molar-refractivity contribution in [1.29, 1.82) is 0 Å². The van der Waals surface area contributed by atoms with Crippen molar-refractivity contribution in [2.75, 3.05) is 6.54 Å². The van der Waals surface area contributed by atoms with Gasteiger partial charge in [0.2, 0.25) is 11.7 Å². The van der Waals surface area contributed by atoms with Gasteiger partial charge in [-0.2, -0.15) is 0 Å². The van der Waals surface area contributed by atoms with E-state index in [1.165, 1.54) is 17.7 Å². The van der Waals surface area contributed by atoms with Gasteiger partial charge in [-0.25, -0.2) is 0 Å². The Morgan fingerprint density at radius 1 is 1.13 bits per heavy atom. The predicted octanol–water partition coefficient (Wildman–Crippen LogP) is 1.66. The van der Waals surface area contributed by atoms with Crippen molar-refractivity contribution >= 4 is 17.6 Å². The first kappa shape index (κ1) is 15.7. The first-order valence-corrected chi connectivity index (χ1v) is 8.30. The maximum atomic E-state index is 12.4. The monoisotopic (exact) mass is 314 g/mol. The van der Waals surface area contributed by atoms with E-state index >= 15 is 0 Å². The van der Waals surface area contributed by atoms with Crippen LogP contribution in [0.1, 0.15) is 37.7 Å². The number of carbonyl (C=O) groups is 3. The zero-order valence-corrected chi connectivity index (χ0v) is 13.2. The Morgan fingerprint density at radius 3 is 2.57 bits per heavy atom. The highest BCUT2D eigenvalue weighted by molar-refractivity contribution is 6.38. The Bertz CT molecular complexity index is 596. The minimum atomic E-state index is -0.622. The molecule has 1 saturated heterocycles. The largest absolute Gasteiger partial charge is 0.349 e. The summed E-state index contributed by atoms with van der Waals surface area (Å²) in [7, 11) is 0. The molecule has 1 aliphatic heterocycles. The number of amides is 2. The third-order valence-electron chi connectivity index (χ3n) is 4.59. The summed E-state index contributed by atoms with van der Waals surface area (Å²) in [6, 6.07) is 8.93. The topological polar surface area (TPSA) is 66.5 Å². The van der Waals surface area contributed by atoms with E-state index in [0.717, 1.165) is 12.0 Å². The van der Waals surface area contributed by atoms with Crippen LogP contribution in [0.2, 0.25) is 0 Å². The Balaban J connectivity index is 1.58. The van der Waals surface area contributed by atoms with Crippen molar-refractivity contribution in [3.63, 3.8) is 0 Å². The van der Waals surface area contributed by atoms with Gasteiger partial charge >= 0.3 is 0 Å². The Kier molecular flexibility index (Phi) is 4.74. The molecule has 1 saturated carbocycles. The first-order valence-electron chi connectivity index (χ1n) is 8.30. The minimum Gasteiger partial charge on any atom is -0.349 e. The lowest BCUT2D eigenvalue weighted by Crippen LogP contribution is -2.45. The van der Waals surface area contributed by atoms with Gasteiger partial charge in [-0.05, 0) is 24.3 Å². The van der Waals surface area contributed by atoms with Gasteiger partial charge < -0.3 is 10.2 Å². The second-order valence-corrected chi connectivity index (χ2v) is 6.41. The molecular weight excluding hydrogens is 292 g/mol. The third kappa shape index (κ3) is 3.97. The number of rotatable bonds is 7. The fourth-order valence-electron chi connectivity index (χ4n) is 3.02. The lowest BCUT2D eigenvalue weighted by atomic mass is 10.1. The van der Waals surface area contributed by atoms with Crippen molar-refractivity contribution in [2.45, 2.75) is 44.7 Å². The van der Waals surface area contributed by atoms with Gasteiger partial charge in [-0.15, -0.1) is 0 Å². The quantitative estimate of drug-likeness (QED) is 0.778. The molecule has 1 unspecified atom stereocenters. The van der Waals surface area contributed by atoms with Crippen molar-refractivity contribution in [2.24, 2.45) is 5.92 Å². The van der Waals surface area contributed by atoms with Gasteiger partial charge in [0, 0.05) is 19.5 Å². The summed E-state index contributed by atoms with van der Waals surface area (Å²) < 4.78 is 0. The van der Waals surface area contributed by atoms with Gasteiger partial charge in [0.15, 0.2) is 0 Å². The number of benzene rings is 1. The molecule has 23 heavy (non-hydrogen) atoms. The minimum absolute atomic E-state index is 0.0574. The van der Waals surface area contributed by atoms with Crippen molar-refractivity contribution in [3.8, 4) is 0 Å². The van der Waals surface area contributed by atoms with Crippen LogP contribution < -0.4 is 5.32 Å². The summed E-state index contributed by atoms with van der Waals surface area (Å²) in [5.41, 5.74) is 0.967. The summed E-state index contributed by atoms with van der Waals surface area (Å²) in [5.74, 6) is -0.378. The predicted molar refractivity (Wildman–Crippen MR) is 85.4 cm³/mol. The molecule has 0 radical (unpaired) electrons. The zero-order valence-electron chi connectivity index (χ0n) is 13.2. The van der Waals surface area contributed by atoms with Crippen molar-refractivity contribution in [3.05, 3.63) is 35.9 Å². The molecule has 5 heteroatoms. The average Bonchev–Trinajstić information content (AvgIpc) is 3.32. The molecule has 0 bridgehead atoms. The van der Waals surface area contributed by atoms with Crippen LogP contribution in [0, 0.1) is 5.92 Å². The highest BCUT2D eigenvalue weighted by Crippen LogP contribution is 2.31. The molecule has 1 atom stereocenters. The van der Waals surface area contributed by atoms with Crippen LogP contribution in [-0.2, 0) is 20.9 Å². The van der Waals surface area contributed by atoms with Crippen LogP contribution in [0.15, 0.2) is 30.3 Å². The number of nitrogens with zero attached hydrogens (tertiary/aromatic N) is 1. The van der Waals surface area contributed by atoms with E-state index in [2.05, 4.69) is 5.32 Å². The number of nitrogens with one attached hydrogen (secondary N) is 1. The number of Topliss-reactive ketones (excluding diaryl/α,β-unsaturated/α-hetero) is 1. The highest BCUT2D eigenvalue weighted by Gasteiger charge is 2.38. The molecule has 1 aliphatic carbocycles. The Labute approximate surface area is 136 Å². The standard InChI is InChI=1S/C18H22N2O3/c21-16-9-8-15(20(16)12-14-4-2-1-3-5-14)17(22)18(23)19-11-10-13-6-7-13/h1-5,13,15H,6-12H2,(H,19,23). The molecule has 0 spiro atoms. The van der Waals surface area contributed by atoms with Crippen LogP contribution in [0.5, 0.6) is 0 Å². The lowest BCUT2D eigenvalue weighted by molar-refractivity contribution is -0.143. The van der Waals surface area contributed by atoms with Crippen molar-refractivity contribution < 1.29 is 14.4 Å². The lowest BCUT2D eigenvalue weighted by Gasteiger charge is -2.23. The molecule has 2 amide bonds. The molecule has 5 nitrogen and oxygen atoms in total. The van der Waals surface area contributed by atoms with Crippen LogP contribution in [0.3, 0.4) is 0 Å². The van der Waals surface area contributed by atoms with E-state index in [-0.39, 0.29) is 5.91 Å². The van der Waals surface area contributed by atoms with E-state index in [0.29, 0.717) is 31.8 Å². The molecule has 3 rings (SSSR count). The van der Waals surface area contributed by atoms with Gasteiger partial charge in [-0.1, -0.05) is 43.2 Å². The summed E-state index contributed by atoms with van der Waals surface area (Å²) in [6.45, 7) is 0.931. The molecule has 1 heterocycles. The second kappa shape index (κ2) is 6.94. The van der Waals surface area contributed by atoms with E-state index in [1.807, 2.05) is 30.3 Å². The highest BCUT2D eigenvalue weighted by atomic mass is 16.2. The van der Waals surface area contributed by atoms with E-state index in [9.17, 15) is 14.4 Å². The summed E-state index contributed by atoms with van der Waals surface area (Å²) in [5, 5.41) is 2.70.